The molecule has 31 heavy (non-hydrogen) atoms. The van der Waals surface area contributed by atoms with Gasteiger partial charge in [0.25, 0.3) is 0 Å². The zero-order chi connectivity index (χ0) is 22.4. The average molecular weight is 444 g/mol. The van der Waals surface area contributed by atoms with Crippen molar-refractivity contribution in [2.24, 2.45) is 0 Å². The summed E-state index contributed by atoms with van der Waals surface area (Å²) in [7, 11) is -2.42. The summed E-state index contributed by atoms with van der Waals surface area (Å²) in [5.74, 6) is -0.378. The lowest BCUT2D eigenvalue weighted by molar-refractivity contribution is -0.118. The van der Waals surface area contributed by atoms with Crippen molar-refractivity contribution in [3.8, 4) is 5.75 Å². The molecule has 1 fully saturated rings. The SMILES string of the molecule is C=CC(=O)NC1CN(S(=O)(=O)c2ccc(NC(=O)CCc3ccccc3)cc2OC)C1. The lowest BCUT2D eigenvalue weighted by Crippen LogP contribution is -2.60. The van der Waals surface area contributed by atoms with Gasteiger partial charge in [0, 0.05) is 31.3 Å². The predicted molar refractivity (Wildman–Crippen MR) is 117 cm³/mol. The van der Waals surface area contributed by atoms with E-state index in [9.17, 15) is 18.0 Å². The monoisotopic (exact) mass is 443 g/mol. The van der Waals surface area contributed by atoms with E-state index in [0.717, 1.165) is 11.6 Å². The van der Waals surface area contributed by atoms with Crippen LogP contribution in [0, 0.1) is 0 Å². The minimum Gasteiger partial charge on any atom is -0.495 e. The molecular weight excluding hydrogens is 418 g/mol. The van der Waals surface area contributed by atoms with E-state index in [1.165, 1.54) is 29.6 Å². The Bertz CT molecular complexity index is 1060. The van der Waals surface area contributed by atoms with Crippen molar-refractivity contribution in [2.75, 3.05) is 25.5 Å². The summed E-state index contributed by atoms with van der Waals surface area (Å²) < 4.78 is 32.4. The van der Waals surface area contributed by atoms with Crippen LogP contribution in [0.3, 0.4) is 0 Å². The molecule has 2 amide bonds. The third-order valence-corrected chi connectivity index (χ3v) is 6.80. The molecular formula is C22H25N3O5S. The van der Waals surface area contributed by atoms with Gasteiger partial charge in [0.1, 0.15) is 10.6 Å². The molecule has 0 aliphatic carbocycles. The van der Waals surface area contributed by atoms with Crippen molar-refractivity contribution in [3.05, 3.63) is 66.7 Å². The van der Waals surface area contributed by atoms with Gasteiger partial charge < -0.3 is 15.4 Å². The van der Waals surface area contributed by atoms with E-state index in [4.69, 9.17) is 4.74 Å². The molecule has 1 heterocycles. The van der Waals surface area contributed by atoms with Crippen LogP contribution in [0.4, 0.5) is 5.69 Å². The van der Waals surface area contributed by atoms with Crippen LogP contribution in [0.1, 0.15) is 12.0 Å². The topological polar surface area (TPSA) is 105 Å². The fourth-order valence-corrected chi connectivity index (χ4v) is 4.88. The summed E-state index contributed by atoms with van der Waals surface area (Å²) in [4.78, 5) is 23.6. The number of anilines is 1. The van der Waals surface area contributed by atoms with E-state index >= 15 is 0 Å². The number of carbonyl (C=O) groups excluding carboxylic acids is 2. The molecule has 0 spiro atoms. The number of amides is 2. The van der Waals surface area contributed by atoms with Gasteiger partial charge in [0.15, 0.2) is 0 Å². The van der Waals surface area contributed by atoms with Gasteiger partial charge in [-0.25, -0.2) is 8.42 Å². The molecule has 0 saturated carbocycles. The van der Waals surface area contributed by atoms with E-state index in [-0.39, 0.29) is 41.6 Å². The van der Waals surface area contributed by atoms with Crippen molar-refractivity contribution in [1.29, 1.82) is 0 Å². The standard InChI is InChI=1S/C22H25N3O5S/c1-3-21(26)24-18-14-25(15-18)31(28,29)20-11-10-17(13-19(20)30-2)23-22(27)12-9-16-7-5-4-6-8-16/h3-8,10-11,13,18H,1,9,12,14-15H2,2H3,(H,23,27)(H,24,26). The molecule has 2 aromatic rings. The Morgan fingerprint density at radius 1 is 1.19 bits per heavy atom. The highest BCUT2D eigenvalue weighted by molar-refractivity contribution is 7.89. The lowest BCUT2D eigenvalue weighted by Gasteiger charge is -2.38. The summed E-state index contributed by atoms with van der Waals surface area (Å²) in [6.45, 7) is 3.71. The molecule has 9 heteroatoms. The molecule has 0 unspecified atom stereocenters. The van der Waals surface area contributed by atoms with Crippen LogP contribution in [0.15, 0.2) is 66.1 Å². The number of nitrogens with zero attached hydrogens (tertiary/aromatic N) is 1. The van der Waals surface area contributed by atoms with Gasteiger partial charge in [-0.3, -0.25) is 9.59 Å². The van der Waals surface area contributed by atoms with Crippen LogP contribution < -0.4 is 15.4 Å². The highest BCUT2D eigenvalue weighted by Crippen LogP contribution is 2.31. The molecule has 0 aromatic heterocycles. The molecule has 0 bridgehead atoms. The summed E-state index contributed by atoms with van der Waals surface area (Å²) >= 11 is 0. The quantitative estimate of drug-likeness (QED) is 0.577. The number of hydrogen-bond acceptors (Lipinski definition) is 5. The highest BCUT2D eigenvalue weighted by atomic mass is 32.2. The third kappa shape index (κ3) is 5.50. The van der Waals surface area contributed by atoms with Gasteiger partial charge in [0.2, 0.25) is 21.8 Å². The average Bonchev–Trinajstić information content (AvgIpc) is 2.74. The van der Waals surface area contributed by atoms with Crippen LogP contribution >= 0.6 is 0 Å². The van der Waals surface area contributed by atoms with Gasteiger partial charge in [-0.2, -0.15) is 4.31 Å². The molecule has 2 aromatic carbocycles. The van der Waals surface area contributed by atoms with Crippen molar-refractivity contribution in [1.82, 2.24) is 9.62 Å². The summed E-state index contributed by atoms with van der Waals surface area (Å²) in [6, 6.07) is 13.9. The minimum absolute atomic E-state index is 0.00535. The Morgan fingerprint density at radius 2 is 1.90 bits per heavy atom. The van der Waals surface area contributed by atoms with Gasteiger partial charge in [-0.15, -0.1) is 0 Å². The molecule has 3 rings (SSSR count). The summed E-state index contributed by atoms with van der Waals surface area (Å²) in [5.41, 5.74) is 1.52. The molecule has 164 valence electrons. The number of methoxy groups -OCH3 is 1. The smallest absolute Gasteiger partial charge is 0.246 e. The first kappa shape index (κ1) is 22.5. The maximum atomic E-state index is 12.9. The lowest BCUT2D eigenvalue weighted by atomic mass is 10.1. The Kier molecular flexibility index (Phi) is 7.09. The second-order valence-corrected chi connectivity index (χ2v) is 9.04. The molecule has 0 atom stereocenters. The molecule has 1 saturated heterocycles. The van der Waals surface area contributed by atoms with Crippen molar-refractivity contribution < 1.29 is 22.7 Å². The Hall–Kier alpha value is -3.17. The molecule has 1 aliphatic rings. The number of benzene rings is 2. The van der Waals surface area contributed by atoms with Crippen LogP contribution in [0.25, 0.3) is 0 Å². The normalized spacial score (nSPS) is 14.4. The number of hydrogen-bond donors (Lipinski definition) is 2. The molecule has 2 N–H and O–H groups in total. The summed E-state index contributed by atoms with van der Waals surface area (Å²) in [6.07, 6.45) is 2.06. The van der Waals surface area contributed by atoms with E-state index in [1.807, 2.05) is 30.3 Å². The van der Waals surface area contributed by atoms with Crippen molar-refractivity contribution >= 4 is 27.5 Å². The van der Waals surface area contributed by atoms with E-state index in [0.29, 0.717) is 18.5 Å². The van der Waals surface area contributed by atoms with Crippen molar-refractivity contribution in [3.63, 3.8) is 0 Å². The zero-order valence-electron chi connectivity index (χ0n) is 17.2. The highest BCUT2D eigenvalue weighted by Gasteiger charge is 2.38. The first-order valence-electron chi connectivity index (χ1n) is 9.78. The van der Waals surface area contributed by atoms with Gasteiger partial charge in [0.05, 0.1) is 13.2 Å². The first-order valence-corrected chi connectivity index (χ1v) is 11.2. The number of ether oxygens (including phenoxy) is 1. The van der Waals surface area contributed by atoms with Crippen LogP contribution in [0.2, 0.25) is 0 Å². The fraction of sp³-hybridized carbons (Fsp3) is 0.273. The zero-order valence-corrected chi connectivity index (χ0v) is 18.0. The maximum Gasteiger partial charge on any atom is 0.246 e. The van der Waals surface area contributed by atoms with Gasteiger partial charge in [-0.05, 0) is 30.2 Å². The molecule has 8 nitrogen and oxygen atoms in total. The maximum absolute atomic E-state index is 12.9. The number of carbonyl (C=O) groups is 2. The van der Waals surface area contributed by atoms with Gasteiger partial charge in [-0.1, -0.05) is 36.9 Å². The number of sulfonamides is 1. The summed E-state index contributed by atoms with van der Waals surface area (Å²) in [5, 5.41) is 5.43. The Balaban J connectivity index is 1.63. The minimum atomic E-state index is -3.79. The number of aryl methyl sites for hydroxylation is 1. The number of nitrogens with one attached hydrogen (secondary N) is 2. The van der Waals surface area contributed by atoms with Crippen LogP contribution in [0.5, 0.6) is 5.75 Å². The third-order valence-electron chi connectivity index (χ3n) is 4.93. The molecule has 1 aliphatic heterocycles. The molecule has 0 radical (unpaired) electrons. The van der Waals surface area contributed by atoms with E-state index in [2.05, 4.69) is 17.2 Å². The second-order valence-electron chi connectivity index (χ2n) is 7.13. The van der Waals surface area contributed by atoms with E-state index in [1.54, 1.807) is 0 Å². The van der Waals surface area contributed by atoms with Crippen molar-refractivity contribution in [2.45, 2.75) is 23.8 Å². The van der Waals surface area contributed by atoms with Gasteiger partial charge >= 0.3 is 0 Å². The Morgan fingerprint density at radius 3 is 2.55 bits per heavy atom. The fourth-order valence-electron chi connectivity index (χ4n) is 3.21. The number of rotatable bonds is 9. The largest absolute Gasteiger partial charge is 0.495 e. The second kappa shape index (κ2) is 9.76. The predicted octanol–water partition coefficient (Wildman–Crippen LogP) is 1.94. The first-order chi connectivity index (χ1) is 14.8. The van der Waals surface area contributed by atoms with E-state index < -0.39 is 10.0 Å². The van der Waals surface area contributed by atoms with Crippen LogP contribution in [-0.2, 0) is 26.0 Å². The van der Waals surface area contributed by atoms with Crippen LogP contribution in [-0.4, -0.2) is 50.8 Å². The Labute approximate surface area is 181 Å².